The molecule has 0 saturated carbocycles. The van der Waals surface area contributed by atoms with E-state index < -0.39 is 0 Å². The SMILES string of the molecule is Cc1csc2c(NCC(C)CN3CCCCC3)ncnc12. The third kappa shape index (κ3) is 3.52. The summed E-state index contributed by atoms with van der Waals surface area (Å²) in [5.74, 6) is 1.62. The molecular formula is C16H24N4S. The molecule has 0 radical (unpaired) electrons. The molecule has 2 aromatic rings. The molecule has 0 amide bonds. The van der Waals surface area contributed by atoms with Crippen LogP contribution in [-0.2, 0) is 0 Å². The lowest BCUT2D eigenvalue weighted by atomic mass is 10.1. The highest BCUT2D eigenvalue weighted by atomic mass is 32.1. The van der Waals surface area contributed by atoms with E-state index in [-0.39, 0.29) is 0 Å². The molecule has 1 aliphatic heterocycles. The van der Waals surface area contributed by atoms with Crippen molar-refractivity contribution in [2.24, 2.45) is 5.92 Å². The monoisotopic (exact) mass is 304 g/mol. The van der Waals surface area contributed by atoms with Crippen molar-refractivity contribution in [2.45, 2.75) is 33.1 Å². The summed E-state index contributed by atoms with van der Waals surface area (Å²) in [7, 11) is 0. The van der Waals surface area contributed by atoms with Crippen LogP contribution in [0.15, 0.2) is 11.7 Å². The van der Waals surface area contributed by atoms with Crippen LogP contribution in [0, 0.1) is 12.8 Å². The molecule has 0 aromatic carbocycles. The van der Waals surface area contributed by atoms with Gasteiger partial charge in [0.2, 0.25) is 0 Å². The standard InChI is InChI=1S/C16H24N4S/c1-12(9-20-6-4-3-5-7-20)8-17-16-15-14(18-11-19-16)13(2)10-21-15/h10-12H,3-9H2,1-2H3,(H,17,18,19). The second-order valence-electron chi connectivity index (χ2n) is 6.17. The van der Waals surface area contributed by atoms with Crippen LogP contribution in [0.25, 0.3) is 10.2 Å². The summed E-state index contributed by atoms with van der Waals surface area (Å²) in [6.07, 6.45) is 5.79. The van der Waals surface area contributed by atoms with Gasteiger partial charge in [0.1, 0.15) is 12.1 Å². The quantitative estimate of drug-likeness (QED) is 0.917. The highest BCUT2D eigenvalue weighted by Gasteiger charge is 2.14. The Morgan fingerprint density at radius 1 is 1.29 bits per heavy atom. The highest BCUT2D eigenvalue weighted by Crippen LogP contribution is 2.28. The molecule has 1 saturated heterocycles. The van der Waals surface area contributed by atoms with Gasteiger partial charge in [0, 0.05) is 13.1 Å². The van der Waals surface area contributed by atoms with Crippen LogP contribution in [0.4, 0.5) is 5.82 Å². The van der Waals surface area contributed by atoms with Gasteiger partial charge in [-0.2, -0.15) is 0 Å². The van der Waals surface area contributed by atoms with Gasteiger partial charge in [0.05, 0.1) is 10.2 Å². The van der Waals surface area contributed by atoms with Crippen LogP contribution in [0.3, 0.4) is 0 Å². The Bertz CT molecular complexity index is 589. The number of anilines is 1. The zero-order valence-corrected chi connectivity index (χ0v) is 13.7. The number of aryl methyl sites for hydroxylation is 1. The number of thiophene rings is 1. The fourth-order valence-electron chi connectivity index (χ4n) is 3.01. The largest absolute Gasteiger partial charge is 0.368 e. The number of aromatic nitrogens is 2. The third-order valence-electron chi connectivity index (χ3n) is 4.17. The fraction of sp³-hybridized carbons (Fsp3) is 0.625. The summed E-state index contributed by atoms with van der Waals surface area (Å²) in [5, 5.41) is 5.68. The van der Waals surface area contributed by atoms with Gasteiger partial charge in [0.15, 0.2) is 0 Å². The molecular weight excluding hydrogens is 280 g/mol. The average Bonchev–Trinajstić information content (AvgIpc) is 2.88. The van der Waals surface area contributed by atoms with Gasteiger partial charge in [-0.05, 0) is 49.7 Å². The van der Waals surface area contributed by atoms with Gasteiger partial charge < -0.3 is 10.2 Å². The molecule has 0 aliphatic carbocycles. The summed E-state index contributed by atoms with van der Waals surface area (Å²) < 4.78 is 1.18. The lowest BCUT2D eigenvalue weighted by molar-refractivity contribution is 0.204. The van der Waals surface area contributed by atoms with Crippen molar-refractivity contribution in [3.05, 3.63) is 17.3 Å². The van der Waals surface area contributed by atoms with Gasteiger partial charge in [-0.3, -0.25) is 0 Å². The Hall–Kier alpha value is -1.20. The molecule has 1 fully saturated rings. The van der Waals surface area contributed by atoms with E-state index in [4.69, 9.17) is 0 Å². The van der Waals surface area contributed by atoms with Crippen molar-refractivity contribution in [1.29, 1.82) is 0 Å². The summed E-state index contributed by atoms with van der Waals surface area (Å²) in [6, 6.07) is 0. The Kier molecular flexibility index (Phi) is 4.70. The van der Waals surface area contributed by atoms with Gasteiger partial charge in [-0.25, -0.2) is 9.97 Å². The molecule has 5 heteroatoms. The first-order valence-electron chi connectivity index (χ1n) is 7.89. The Balaban J connectivity index is 1.58. The van der Waals surface area contributed by atoms with E-state index in [1.54, 1.807) is 17.7 Å². The van der Waals surface area contributed by atoms with Crippen molar-refractivity contribution in [1.82, 2.24) is 14.9 Å². The Morgan fingerprint density at radius 2 is 2.10 bits per heavy atom. The molecule has 1 unspecified atom stereocenters. The summed E-state index contributed by atoms with van der Waals surface area (Å²) in [6.45, 7) is 9.12. The summed E-state index contributed by atoms with van der Waals surface area (Å²) >= 11 is 1.73. The zero-order chi connectivity index (χ0) is 14.7. The van der Waals surface area contributed by atoms with Crippen LogP contribution < -0.4 is 5.32 Å². The van der Waals surface area contributed by atoms with Crippen LogP contribution in [-0.4, -0.2) is 41.0 Å². The normalized spacial score (nSPS) is 18.0. The van der Waals surface area contributed by atoms with E-state index in [1.165, 1.54) is 49.2 Å². The zero-order valence-electron chi connectivity index (χ0n) is 12.9. The number of nitrogens with zero attached hydrogens (tertiary/aromatic N) is 3. The Labute approximate surface area is 130 Å². The number of piperidine rings is 1. The molecule has 21 heavy (non-hydrogen) atoms. The van der Waals surface area contributed by atoms with E-state index in [1.807, 2.05) is 0 Å². The lowest BCUT2D eigenvalue weighted by Crippen LogP contribution is -2.35. The summed E-state index contributed by atoms with van der Waals surface area (Å²) in [4.78, 5) is 11.4. The molecule has 114 valence electrons. The van der Waals surface area contributed by atoms with E-state index in [2.05, 4.69) is 39.4 Å². The molecule has 3 rings (SSSR count). The predicted molar refractivity (Wildman–Crippen MR) is 90.1 cm³/mol. The van der Waals surface area contributed by atoms with Gasteiger partial charge in [-0.15, -0.1) is 11.3 Å². The lowest BCUT2D eigenvalue weighted by Gasteiger charge is -2.29. The first-order valence-corrected chi connectivity index (χ1v) is 8.77. The van der Waals surface area contributed by atoms with Gasteiger partial charge >= 0.3 is 0 Å². The molecule has 1 atom stereocenters. The molecule has 0 bridgehead atoms. The van der Waals surface area contributed by atoms with Crippen LogP contribution >= 0.6 is 11.3 Å². The van der Waals surface area contributed by atoms with Crippen LogP contribution in [0.2, 0.25) is 0 Å². The third-order valence-corrected chi connectivity index (χ3v) is 5.26. The maximum atomic E-state index is 4.41. The first kappa shape index (κ1) is 14.7. The number of rotatable bonds is 5. The van der Waals surface area contributed by atoms with E-state index in [0.29, 0.717) is 5.92 Å². The van der Waals surface area contributed by atoms with E-state index in [9.17, 15) is 0 Å². The van der Waals surface area contributed by atoms with Crippen molar-refractivity contribution < 1.29 is 0 Å². The van der Waals surface area contributed by atoms with Crippen LogP contribution in [0.5, 0.6) is 0 Å². The topological polar surface area (TPSA) is 41.0 Å². The maximum Gasteiger partial charge on any atom is 0.147 e. The first-order chi connectivity index (χ1) is 10.2. The maximum absolute atomic E-state index is 4.41. The highest BCUT2D eigenvalue weighted by molar-refractivity contribution is 7.18. The minimum Gasteiger partial charge on any atom is -0.368 e. The molecule has 0 spiro atoms. The smallest absolute Gasteiger partial charge is 0.147 e. The second kappa shape index (κ2) is 6.71. The molecule has 2 aromatic heterocycles. The van der Waals surface area contributed by atoms with E-state index in [0.717, 1.165) is 17.9 Å². The number of nitrogens with one attached hydrogen (secondary N) is 1. The van der Waals surface area contributed by atoms with Crippen molar-refractivity contribution in [3.8, 4) is 0 Å². The predicted octanol–water partition coefficient (Wildman–Crippen LogP) is 3.53. The minimum atomic E-state index is 0.633. The van der Waals surface area contributed by atoms with Gasteiger partial charge in [-0.1, -0.05) is 13.3 Å². The number of likely N-dealkylation sites (tertiary alicyclic amines) is 1. The van der Waals surface area contributed by atoms with Crippen molar-refractivity contribution >= 4 is 27.4 Å². The minimum absolute atomic E-state index is 0.633. The average molecular weight is 304 g/mol. The molecule has 3 heterocycles. The number of hydrogen-bond acceptors (Lipinski definition) is 5. The number of hydrogen-bond donors (Lipinski definition) is 1. The molecule has 1 N–H and O–H groups in total. The molecule has 4 nitrogen and oxygen atoms in total. The van der Waals surface area contributed by atoms with Gasteiger partial charge in [0.25, 0.3) is 0 Å². The fourth-order valence-corrected chi connectivity index (χ4v) is 3.98. The number of fused-ring (bicyclic) bond motifs is 1. The van der Waals surface area contributed by atoms with Crippen LogP contribution in [0.1, 0.15) is 31.7 Å². The Morgan fingerprint density at radius 3 is 2.90 bits per heavy atom. The summed E-state index contributed by atoms with van der Waals surface area (Å²) in [5.41, 5.74) is 2.32. The van der Waals surface area contributed by atoms with E-state index >= 15 is 0 Å². The molecule has 1 aliphatic rings. The van der Waals surface area contributed by atoms with Crippen molar-refractivity contribution in [2.75, 3.05) is 31.5 Å². The van der Waals surface area contributed by atoms with Crippen molar-refractivity contribution in [3.63, 3.8) is 0 Å². The second-order valence-corrected chi connectivity index (χ2v) is 7.05.